The van der Waals surface area contributed by atoms with Crippen LogP contribution in [0.25, 0.3) is 0 Å². The van der Waals surface area contributed by atoms with Gasteiger partial charge in [-0.3, -0.25) is 4.90 Å². The molecule has 90 valence electrons. The first-order valence-corrected chi connectivity index (χ1v) is 6.73. The van der Waals surface area contributed by atoms with Gasteiger partial charge in [-0.1, -0.05) is 6.07 Å². The highest BCUT2D eigenvalue weighted by Gasteiger charge is 2.26. The van der Waals surface area contributed by atoms with E-state index in [9.17, 15) is 10.2 Å². The van der Waals surface area contributed by atoms with E-state index < -0.39 is 0 Å². The smallest absolute Gasteiger partial charge is 0.0587 e. The minimum Gasteiger partial charge on any atom is -0.395 e. The van der Waals surface area contributed by atoms with E-state index >= 15 is 0 Å². The molecule has 1 aliphatic heterocycles. The van der Waals surface area contributed by atoms with Crippen LogP contribution in [0.15, 0.2) is 17.5 Å². The molecule has 2 unspecified atom stereocenters. The van der Waals surface area contributed by atoms with Gasteiger partial charge in [0.25, 0.3) is 0 Å². The molecule has 2 N–H and O–H groups in total. The van der Waals surface area contributed by atoms with Crippen LogP contribution < -0.4 is 0 Å². The van der Waals surface area contributed by atoms with E-state index in [0.29, 0.717) is 6.42 Å². The predicted molar refractivity (Wildman–Crippen MR) is 65.7 cm³/mol. The average Bonchev–Trinajstić information content (AvgIpc) is 2.80. The van der Waals surface area contributed by atoms with Crippen molar-refractivity contribution in [2.45, 2.75) is 31.4 Å². The lowest BCUT2D eigenvalue weighted by molar-refractivity contribution is 0.0178. The Morgan fingerprint density at radius 2 is 2.38 bits per heavy atom. The van der Waals surface area contributed by atoms with E-state index in [2.05, 4.69) is 22.4 Å². The lowest BCUT2D eigenvalue weighted by Gasteiger charge is -2.36. The Bertz CT molecular complexity index is 302. The van der Waals surface area contributed by atoms with Gasteiger partial charge in [0.2, 0.25) is 0 Å². The summed E-state index contributed by atoms with van der Waals surface area (Å²) in [6.45, 7) is 2.04. The molecule has 0 amide bonds. The Labute approximate surface area is 100 Å². The number of nitrogens with zero attached hydrogens (tertiary/aromatic N) is 1. The minimum absolute atomic E-state index is 0.142. The molecule has 1 aromatic heterocycles. The summed E-state index contributed by atoms with van der Waals surface area (Å²) in [5, 5.41) is 20.9. The first kappa shape index (κ1) is 12.0. The Kier molecular flexibility index (Phi) is 4.35. The third kappa shape index (κ3) is 3.04. The summed E-state index contributed by atoms with van der Waals surface area (Å²) in [6, 6.07) is 4.37. The van der Waals surface area contributed by atoms with Crippen LogP contribution in [0.1, 0.15) is 17.7 Å². The standard InChI is InChI=1S/C12H19NO2S/c14-9-10-8-11(15)3-5-13(10)6-4-12-2-1-7-16-12/h1-2,7,10-11,14-15H,3-6,8-9H2. The minimum atomic E-state index is -0.227. The maximum absolute atomic E-state index is 9.54. The Balaban J connectivity index is 1.83. The first-order valence-electron chi connectivity index (χ1n) is 5.85. The molecule has 2 heterocycles. The summed E-state index contributed by atoms with van der Waals surface area (Å²) in [4.78, 5) is 3.69. The molecular formula is C12H19NO2S. The second-order valence-electron chi connectivity index (χ2n) is 4.38. The number of rotatable bonds is 4. The summed E-state index contributed by atoms with van der Waals surface area (Å²) < 4.78 is 0. The zero-order chi connectivity index (χ0) is 11.4. The third-order valence-electron chi connectivity index (χ3n) is 3.25. The lowest BCUT2D eigenvalue weighted by atomic mass is 10.00. The summed E-state index contributed by atoms with van der Waals surface area (Å²) >= 11 is 1.78. The quantitative estimate of drug-likeness (QED) is 0.830. The summed E-state index contributed by atoms with van der Waals surface area (Å²) in [6.07, 6.45) is 2.36. The molecule has 0 saturated carbocycles. The molecule has 0 aliphatic carbocycles. The van der Waals surface area contributed by atoms with Crippen LogP contribution in [0.2, 0.25) is 0 Å². The van der Waals surface area contributed by atoms with Gasteiger partial charge in [0.15, 0.2) is 0 Å². The summed E-state index contributed by atoms with van der Waals surface area (Å²) in [5.74, 6) is 0. The Morgan fingerprint density at radius 3 is 3.06 bits per heavy atom. The van der Waals surface area contributed by atoms with Crippen LogP contribution in [0, 0.1) is 0 Å². The molecule has 1 fully saturated rings. The number of hydrogen-bond donors (Lipinski definition) is 2. The fourth-order valence-corrected chi connectivity index (χ4v) is 2.97. The van der Waals surface area contributed by atoms with Gasteiger partial charge in [-0.25, -0.2) is 0 Å². The van der Waals surface area contributed by atoms with E-state index in [1.54, 1.807) is 11.3 Å². The lowest BCUT2D eigenvalue weighted by Crippen LogP contribution is -2.46. The molecule has 1 saturated heterocycles. The Morgan fingerprint density at radius 1 is 1.50 bits per heavy atom. The van der Waals surface area contributed by atoms with Crippen LogP contribution in [-0.2, 0) is 6.42 Å². The fourth-order valence-electron chi connectivity index (χ4n) is 2.27. The van der Waals surface area contributed by atoms with Crippen molar-refractivity contribution in [3.63, 3.8) is 0 Å². The summed E-state index contributed by atoms with van der Waals surface area (Å²) in [5.41, 5.74) is 0. The van der Waals surface area contributed by atoms with Crippen LogP contribution in [0.3, 0.4) is 0 Å². The molecule has 2 atom stereocenters. The van der Waals surface area contributed by atoms with E-state index in [0.717, 1.165) is 25.9 Å². The van der Waals surface area contributed by atoms with Crippen molar-refractivity contribution in [3.05, 3.63) is 22.4 Å². The molecule has 4 heteroatoms. The maximum Gasteiger partial charge on any atom is 0.0587 e. The van der Waals surface area contributed by atoms with Gasteiger partial charge in [0.1, 0.15) is 0 Å². The monoisotopic (exact) mass is 241 g/mol. The predicted octanol–water partition coefficient (Wildman–Crippen LogP) is 1.11. The topological polar surface area (TPSA) is 43.7 Å². The molecule has 16 heavy (non-hydrogen) atoms. The average molecular weight is 241 g/mol. The highest BCUT2D eigenvalue weighted by Crippen LogP contribution is 2.18. The molecule has 0 spiro atoms. The highest BCUT2D eigenvalue weighted by atomic mass is 32.1. The molecular weight excluding hydrogens is 222 g/mol. The first-order chi connectivity index (χ1) is 7.79. The molecule has 0 aromatic carbocycles. The van der Waals surface area contributed by atoms with Crippen LogP contribution in [0.5, 0.6) is 0 Å². The van der Waals surface area contributed by atoms with E-state index in [-0.39, 0.29) is 18.8 Å². The molecule has 0 bridgehead atoms. The van der Waals surface area contributed by atoms with Crippen LogP contribution in [-0.4, -0.2) is 47.0 Å². The Hall–Kier alpha value is -0.420. The second-order valence-corrected chi connectivity index (χ2v) is 5.41. The van der Waals surface area contributed by atoms with Crippen LogP contribution >= 0.6 is 11.3 Å². The van der Waals surface area contributed by atoms with Gasteiger partial charge < -0.3 is 10.2 Å². The van der Waals surface area contributed by atoms with E-state index in [1.165, 1.54) is 4.88 Å². The van der Waals surface area contributed by atoms with Gasteiger partial charge >= 0.3 is 0 Å². The molecule has 1 aliphatic rings. The molecule has 2 rings (SSSR count). The maximum atomic E-state index is 9.54. The fraction of sp³-hybridized carbons (Fsp3) is 0.667. The van der Waals surface area contributed by atoms with Crippen molar-refractivity contribution in [1.82, 2.24) is 4.90 Å². The van der Waals surface area contributed by atoms with E-state index in [1.807, 2.05) is 0 Å². The zero-order valence-corrected chi connectivity index (χ0v) is 10.2. The SMILES string of the molecule is OCC1CC(O)CCN1CCc1cccs1. The molecule has 1 aromatic rings. The highest BCUT2D eigenvalue weighted by molar-refractivity contribution is 7.09. The van der Waals surface area contributed by atoms with E-state index in [4.69, 9.17) is 0 Å². The summed E-state index contributed by atoms with van der Waals surface area (Å²) in [7, 11) is 0. The van der Waals surface area contributed by atoms with Gasteiger partial charge in [-0.05, 0) is 30.7 Å². The third-order valence-corrected chi connectivity index (χ3v) is 4.18. The van der Waals surface area contributed by atoms with Gasteiger partial charge in [-0.15, -0.1) is 11.3 Å². The normalized spacial score (nSPS) is 27.1. The van der Waals surface area contributed by atoms with Crippen molar-refractivity contribution >= 4 is 11.3 Å². The zero-order valence-electron chi connectivity index (χ0n) is 9.38. The van der Waals surface area contributed by atoms with Crippen molar-refractivity contribution in [2.24, 2.45) is 0 Å². The number of aliphatic hydroxyl groups is 2. The number of thiophene rings is 1. The largest absolute Gasteiger partial charge is 0.395 e. The van der Waals surface area contributed by atoms with Gasteiger partial charge in [0.05, 0.1) is 12.7 Å². The van der Waals surface area contributed by atoms with Crippen molar-refractivity contribution in [3.8, 4) is 0 Å². The molecule has 0 radical (unpaired) electrons. The second kappa shape index (κ2) is 5.77. The number of aliphatic hydroxyl groups excluding tert-OH is 2. The van der Waals surface area contributed by atoms with Crippen molar-refractivity contribution in [1.29, 1.82) is 0 Å². The van der Waals surface area contributed by atoms with Gasteiger partial charge in [-0.2, -0.15) is 0 Å². The van der Waals surface area contributed by atoms with Gasteiger partial charge in [0, 0.05) is 24.0 Å². The van der Waals surface area contributed by atoms with Crippen LogP contribution in [0.4, 0.5) is 0 Å². The number of likely N-dealkylation sites (tertiary alicyclic amines) is 1. The van der Waals surface area contributed by atoms with Crippen molar-refractivity contribution < 1.29 is 10.2 Å². The number of hydrogen-bond acceptors (Lipinski definition) is 4. The molecule has 3 nitrogen and oxygen atoms in total. The number of piperidine rings is 1. The van der Waals surface area contributed by atoms with Crippen molar-refractivity contribution in [2.75, 3.05) is 19.7 Å².